The van der Waals surface area contributed by atoms with Crippen molar-refractivity contribution >= 4 is 23.6 Å². The number of nitrogens with one attached hydrogen (secondary N) is 3. The van der Waals surface area contributed by atoms with E-state index in [1.54, 1.807) is 65.1 Å². The second kappa shape index (κ2) is 13.9. The molecule has 0 heterocycles. The average Bonchev–Trinajstić information content (AvgIpc) is 2.84. The predicted molar refractivity (Wildman–Crippen MR) is 141 cm³/mol. The van der Waals surface area contributed by atoms with Gasteiger partial charge in [-0.3, -0.25) is 9.59 Å². The molecular weight excluding hydrogens is 458 g/mol. The van der Waals surface area contributed by atoms with Crippen LogP contribution in [0.4, 0.5) is 10.5 Å². The second-order valence-corrected chi connectivity index (χ2v) is 9.32. The normalized spacial score (nSPS) is 12.9. The zero-order chi connectivity index (χ0) is 26.6. The van der Waals surface area contributed by atoms with Crippen LogP contribution in [-0.4, -0.2) is 42.7 Å². The fourth-order valence-corrected chi connectivity index (χ4v) is 3.33. The third kappa shape index (κ3) is 10.6. The lowest BCUT2D eigenvalue weighted by molar-refractivity contribution is -0.123. The Kier molecular flexibility index (Phi) is 11.0. The summed E-state index contributed by atoms with van der Waals surface area (Å²) in [6, 6.07) is 15.7. The standard InChI is InChI=1S/C28H37N3O5/c1-6-24(31-27(34)36-28(2,3)4)26(33)30-22(13-12-20-10-8-7-9-11-20)16-19-25(32)29-21-14-17-23(35-5)18-15-21/h7-11,14-19,22,24H,6,12-13H2,1-5H3,(H,29,32)(H,30,33)(H,31,34)/b19-16+/t22-,24-/m0/s1. The maximum atomic E-state index is 13.0. The Morgan fingerprint density at radius 1 is 0.972 bits per heavy atom. The number of carbonyl (C=O) groups excluding carboxylic acids is 3. The molecule has 2 aromatic carbocycles. The van der Waals surface area contributed by atoms with Crippen molar-refractivity contribution in [2.75, 3.05) is 12.4 Å². The van der Waals surface area contributed by atoms with Crippen molar-refractivity contribution < 1.29 is 23.9 Å². The minimum Gasteiger partial charge on any atom is -0.497 e. The number of anilines is 1. The number of ether oxygens (including phenoxy) is 2. The lowest BCUT2D eigenvalue weighted by atomic mass is 10.0. The van der Waals surface area contributed by atoms with E-state index in [-0.39, 0.29) is 11.8 Å². The maximum absolute atomic E-state index is 13.0. The quantitative estimate of drug-likeness (QED) is 0.395. The summed E-state index contributed by atoms with van der Waals surface area (Å²) in [6.45, 7) is 7.08. The second-order valence-electron chi connectivity index (χ2n) is 9.32. The van der Waals surface area contributed by atoms with Gasteiger partial charge in [-0.1, -0.05) is 43.3 Å². The van der Waals surface area contributed by atoms with Gasteiger partial charge in [0.2, 0.25) is 11.8 Å². The van der Waals surface area contributed by atoms with E-state index >= 15 is 0 Å². The van der Waals surface area contributed by atoms with E-state index in [2.05, 4.69) is 16.0 Å². The van der Waals surface area contributed by atoms with Gasteiger partial charge >= 0.3 is 6.09 Å². The molecule has 0 aromatic heterocycles. The number of methoxy groups -OCH3 is 1. The molecule has 0 aliphatic carbocycles. The van der Waals surface area contributed by atoms with E-state index in [0.29, 0.717) is 30.7 Å². The number of benzene rings is 2. The highest BCUT2D eigenvalue weighted by molar-refractivity contribution is 5.99. The third-order valence-electron chi connectivity index (χ3n) is 5.17. The number of hydrogen-bond donors (Lipinski definition) is 3. The molecule has 194 valence electrons. The van der Waals surface area contributed by atoms with Gasteiger partial charge in [0.25, 0.3) is 0 Å². The molecule has 0 aliphatic heterocycles. The topological polar surface area (TPSA) is 106 Å². The van der Waals surface area contributed by atoms with E-state index in [0.717, 1.165) is 5.56 Å². The van der Waals surface area contributed by atoms with Gasteiger partial charge < -0.3 is 25.4 Å². The van der Waals surface area contributed by atoms with Crippen LogP contribution < -0.4 is 20.7 Å². The first-order chi connectivity index (χ1) is 17.1. The molecule has 0 saturated heterocycles. The minimum absolute atomic E-state index is 0.321. The fraction of sp³-hybridized carbons (Fsp3) is 0.393. The van der Waals surface area contributed by atoms with Crippen LogP contribution in [-0.2, 0) is 20.7 Å². The van der Waals surface area contributed by atoms with Gasteiger partial charge in [0, 0.05) is 17.8 Å². The number of alkyl carbamates (subject to hydrolysis) is 1. The molecule has 2 rings (SSSR count). The van der Waals surface area contributed by atoms with Gasteiger partial charge in [0.1, 0.15) is 17.4 Å². The summed E-state index contributed by atoms with van der Waals surface area (Å²) in [7, 11) is 1.58. The molecule has 0 fully saturated rings. The lowest BCUT2D eigenvalue weighted by Gasteiger charge is -2.24. The average molecular weight is 496 g/mol. The smallest absolute Gasteiger partial charge is 0.408 e. The number of aryl methyl sites for hydroxylation is 1. The van der Waals surface area contributed by atoms with E-state index in [4.69, 9.17) is 9.47 Å². The van der Waals surface area contributed by atoms with Crippen molar-refractivity contribution in [3.05, 3.63) is 72.3 Å². The van der Waals surface area contributed by atoms with E-state index in [1.807, 2.05) is 30.3 Å². The zero-order valence-electron chi connectivity index (χ0n) is 21.7. The van der Waals surface area contributed by atoms with Crippen LogP contribution in [0.5, 0.6) is 5.75 Å². The Hall–Kier alpha value is -3.81. The minimum atomic E-state index is -0.763. The van der Waals surface area contributed by atoms with Gasteiger partial charge in [0.05, 0.1) is 7.11 Å². The summed E-state index contributed by atoms with van der Waals surface area (Å²) in [5.74, 6) is 0.0254. The van der Waals surface area contributed by atoms with Gasteiger partial charge in [-0.25, -0.2) is 4.79 Å². The van der Waals surface area contributed by atoms with Crippen LogP contribution in [0, 0.1) is 0 Å². The lowest BCUT2D eigenvalue weighted by Crippen LogP contribution is -2.50. The molecule has 8 nitrogen and oxygen atoms in total. The SMILES string of the molecule is CC[C@H](NC(=O)OC(C)(C)C)C(=O)N[C@H](/C=C/C(=O)Nc1ccc(OC)cc1)CCc1ccccc1. The first-order valence-corrected chi connectivity index (χ1v) is 12.1. The number of carbonyl (C=O) groups is 3. The number of amides is 3. The van der Waals surface area contributed by atoms with Gasteiger partial charge in [-0.05, 0) is 69.9 Å². The summed E-state index contributed by atoms with van der Waals surface area (Å²) in [6.07, 6.45) is 4.08. The molecule has 0 spiro atoms. The molecule has 3 N–H and O–H groups in total. The van der Waals surface area contributed by atoms with Crippen molar-refractivity contribution in [3.63, 3.8) is 0 Å². The summed E-state index contributed by atoms with van der Waals surface area (Å²) in [5.41, 5.74) is 1.08. The Morgan fingerprint density at radius 2 is 1.64 bits per heavy atom. The van der Waals surface area contributed by atoms with Crippen LogP contribution in [0.2, 0.25) is 0 Å². The first kappa shape index (κ1) is 28.4. The molecular formula is C28H37N3O5. The maximum Gasteiger partial charge on any atom is 0.408 e. The number of rotatable bonds is 11. The molecule has 3 amide bonds. The summed E-state index contributed by atoms with van der Waals surface area (Å²) >= 11 is 0. The van der Waals surface area contributed by atoms with Crippen LogP contribution in [0.25, 0.3) is 0 Å². The van der Waals surface area contributed by atoms with E-state index < -0.39 is 23.8 Å². The fourth-order valence-electron chi connectivity index (χ4n) is 3.33. The summed E-state index contributed by atoms with van der Waals surface area (Å²) in [4.78, 5) is 37.6. The first-order valence-electron chi connectivity index (χ1n) is 12.1. The highest BCUT2D eigenvalue weighted by Crippen LogP contribution is 2.15. The molecule has 8 heteroatoms. The van der Waals surface area contributed by atoms with Crippen LogP contribution in [0.1, 0.15) is 46.1 Å². The van der Waals surface area contributed by atoms with Gasteiger partial charge in [-0.15, -0.1) is 0 Å². The van der Waals surface area contributed by atoms with Crippen molar-refractivity contribution in [1.29, 1.82) is 0 Å². The molecule has 36 heavy (non-hydrogen) atoms. The highest BCUT2D eigenvalue weighted by Gasteiger charge is 2.24. The molecule has 0 saturated carbocycles. The number of hydrogen-bond acceptors (Lipinski definition) is 5. The Balaban J connectivity index is 2.06. The Labute approximate surface area is 213 Å². The zero-order valence-corrected chi connectivity index (χ0v) is 21.7. The molecule has 2 aromatic rings. The van der Waals surface area contributed by atoms with Crippen molar-refractivity contribution in [3.8, 4) is 5.75 Å². The van der Waals surface area contributed by atoms with Crippen LogP contribution >= 0.6 is 0 Å². The molecule has 0 bridgehead atoms. The predicted octanol–water partition coefficient (Wildman–Crippen LogP) is 4.61. The van der Waals surface area contributed by atoms with Gasteiger partial charge in [0.15, 0.2) is 0 Å². The molecule has 0 unspecified atom stereocenters. The van der Waals surface area contributed by atoms with Crippen LogP contribution in [0.15, 0.2) is 66.7 Å². The Bertz CT molecular complexity index is 1010. The Morgan fingerprint density at radius 3 is 2.22 bits per heavy atom. The van der Waals surface area contributed by atoms with Crippen molar-refractivity contribution in [2.45, 2.75) is 64.6 Å². The third-order valence-corrected chi connectivity index (χ3v) is 5.17. The molecule has 0 aliphatic rings. The summed E-state index contributed by atoms with van der Waals surface area (Å²) in [5, 5.41) is 8.36. The monoisotopic (exact) mass is 495 g/mol. The molecule has 0 radical (unpaired) electrons. The van der Waals surface area contributed by atoms with Gasteiger partial charge in [-0.2, -0.15) is 0 Å². The highest BCUT2D eigenvalue weighted by atomic mass is 16.6. The van der Waals surface area contributed by atoms with Crippen LogP contribution in [0.3, 0.4) is 0 Å². The largest absolute Gasteiger partial charge is 0.497 e. The van der Waals surface area contributed by atoms with E-state index in [9.17, 15) is 14.4 Å². The van der Waals surface area contributed by atoms with Crippen molar-refractivity contribution in [1.82, 2.24) is 10.6 Å². The van der Waals surface area contributed by atoms with E-state index in [1.165, 1.54) is 6.08 Å². The summed E-state index contributed by atoms with van der Waals surface area (Å²) < 4.78 is 10.4. The van der Waals surface area contributed by atoms with Crippen molar-refractivity contribution in [2.24, 2.45) is 0 Å². The molecule has 2 atom stereocenters.